The number of rotatable bonds is 7. The molecule has 28 heavy (non-hydrogen) atoms. The molecular formula is C22H27ClN2O3. The molecule has 150 valence electrons. The molecule has 0 aromatic heterocycles. The van der Waals surface area contributed by atoms with E-state index in [1.165, 1.54) is 5.56 Å². The number of likely N-dealkylation sites (tertiary alicyclic amines) is 1. The highest BCUT2D eigenvalue weighted by atomic mass is 35.5. The lowest BCUT2D eigenvalue weighted by Crippen LogP contribution is -2.37. The fourth-order valence-corrected chi connectivity index (χ4v) is 3.39. The Labute approximate surface area is 171 Å². The maximum absolute atomic E-state index is 12.4. The van der Waals surface area contributed by atoms with E-state index in [1.807, 2.05) is 36.4 Å². The van der Waals surface area contributed by atoms with E-state index in [0.717, 1.165) is 44.6 Å². The summed E-state index contributed by atoms with van der Waals surface area (Å²) in [6, 6.07) is 15.0. The summed E-state index contributed by atoms with van der Waals surface area (Å²) in [4.78, 5) is 14.8. The first-order valence-electron chi connectivity index (χ1n) is 9.72. The first-order valence-corrected chi connectivity index (χ1v) is 10.1. The molecule has 1 fully saturated rings. The van der Waals surface area contributed by atoms with E-state index >= 15 is 0 Å². The number of piperidine rings is 1. The zero-order valence-electron chi connectivity index (χ0n) is 16.1. The van der Waals surface area contributed by atoms with Gasteiger partial charge in [-0.2, -0.15) is 0 Å². The molecule has 6 heteroatoms. The fraction of sp³-hybridized carbons (Fsp3) is 0.409. The van der Waals surface area contributed by atoms with Crippen molar-refractivity contribution in [1.82, 2.24) is 4.90 Å². The standard InChI is InChI=1S/C22H27ClN2O3/c1-16(28-21-5-3-2-4-20(21)23)22(27)24-18-8-6-17(7-9-18)10-13-25-14-11-19(26)12-15-25/h2-9,16,19,26H,10-15H2,1H3,(H,24,27)/t16-/m1/s1. The average molecular weight is 403 g/mol. The molecule has 1 aliphatic rings. The van der Waals surface area contributed by atoms with Crippen LogP contribution in [0.25, 0.3) is 0 Å². The predicted octanol–water partition coefficient (Wildman–Crippen LogP) is 3.75. The number of aliphatic hydroxyl groups is 1. The third-order valence-electron chi connectivity index (χ3n) is 5.00. The molecule has 1 aliphatic heterocycles. The predicted molar refractivity (Wildman–Crippen MR) is 112 cm³/mol. The zero-order valence-corrected chi connectivity index (χ0v) is 16.9. The molecule has 0 bridgehead atoms. The number of benzene rings is 2. The van der Waals surface area contributed by atoms with Gasteiger partial charge in [0.15, 0.2) is 6.10 Å². The smallest absolute Gasteiger partial charge is 0.265 e. The van der Waals surface area contributed by atoms with Crippen molar-refractivity contribution in [2.24, 2.45) is 0 Å². The van der Waals surface area contributed by atoms with Crippen LogP contribution in [0.4, 0.5) is 5.69 Å². The van der Waals surface area contributed by atoms with Gasteiger partial charge in [-0.05, 0) is 56.0 Å². The van der Waals surface area contributed by atoms with E-state index < -0.39 is 6.10 Å². The van der Waals surface area contributed by atoms with Crippen molar-refractivity contribution in [3.05, 3.63) is 59.1 Å². The maximum atomic E-state index is 12.4. The minimum atomic E-state index is -0.658. The Morgan fingerprint density at radius 2 is 1.89 bits per heavy atom. The van der Waals surface area contributed by atoms with Crippen LogP contribution in [0.5, 0.6) is 5.75 Å². The Morgan fingerprint density at radius 1 is 1.21 bits per heavy atom. The van der Waals surface area contributed by atoms with Gasteiger partial charge < -0.3 is 20.1 Å². The van der Waals surface area contributed by atoms with Gasteiger partial charge in [0.1, 0.15) is 5.75 Å². The third-order valence-corrected chi connectivity index (χ3v) is 5.32. The van der Waals surface area contributed by atoms with Crippen molar-refractivity contribution < 1.29 is 14.6 Å². The Bertz CT molecular complexity index is 774. The Kier molecular flexibility index (Phi) is 7.31. The molecule has 1 heterocycles. The van der Waals surface area contributed by atoms with Crippen LogP contribution in [0, 0.1) is 0 Å². The minimum Gasteiger partial charge on any atom is -0.479 e. The molecule has 2 aromatic carbocycles. The van der Waals surface area contributed by atoms with Crippen LogP contribution in [-0.2, 0) is 11.2 Å². The Balaban J connectivity index is 1.46. The Hall–Kier alpha value is -2.08. The second kappa shape index (κ2) is 9.92. The molecule has 0 saturated carbocycles. The van der Waals surface area contributed by atoms with Crippen LogP contribution in [-0.4, -0.2) is 47.8 Å². The van der Waals surface area contributed by atoms with E-state index in [4.69, 9.17) is 16.3 Å². The van der Waals surface area contributed by atoms with Crippen molar-refractivity contribution in [3.63, 3.8) is 0 Å². The molecule has 2 aromatic rings. The van der Waals surface area contributed by atoms with Gasteiger partial charge in [-0.1, -0.05) is 35.9 Å². The van der Waals surface area contributed by atoms with Gasteiger partial charge in [0.05, 0.1) is 11.1 Å². The van der Waals surface area contributed by atoms with Gasteiger partial charge in [0.2, 0.25) is 0 Å². The van der Waals surface area contributed by atoms with Gasteiger partial charge in [0.25, 0.3) is 5.91 Å². The normalized spacial score (nSPS) is 16.5. The molecule has 0 spiro atoms. The van der Waals surface area contributed by atoms with Gasteiger partial charge in [-0.3, -0.25) is 4.79 Å². The first-order chi connectivity index (χ1) is 13.5. The lowest BCUT2D eigenvalue weighted by atomic mass is 10.1. The van der Waals surface area contributed by atoms with Crippen LogP contribution >= 0.6 is 11.6 Å². The molecule has 3 rings (SSSR count). The van der Waals surface area contributed by atoms with Crippen molar-refractivity contribution in [2.75, 3.05) is 25.0 Å². The summed E-state index contributed by atoms with van der Waals surface area (Å²) >= 11 is 6.07. The van der Waals surface area contributed by atoms with Crippen molar-refractivity contribution in [3.8, 4) is 5.75 Å². The molecular weight excluding hydrogens is 376 g/mol. The van der Waals surface area contributed by atoms with Crippen LogP contribution in [0.2, 0.25) is 5.02 Å². The molecule has 1 amide bonds. The van der Waals surface area contributed by atoms with Gasteiger partial charge in [-0.25, -0.2) is 0 Å². The van der Waals surface area contributed by atoms with E-state index in [1.54, 1.807) is 19.1 Å². The summed E-state index contributed by atoms with van der Waals surface area (Å²) in [6.07, 6.45) is 1.88. The molecule has 5 nitrogen and oxygen atoms in total. The number of hydrogen-bond donors (Lipinski definition) is 2. The number of para-hydroxylation sites is 1. The summed E-state index contributed by atoms with van der Waals surface area (Å²) in [7, 11) is 0. The van der Waals surface area contributed by atoms with Gasteiger partial charge in [0, 0.05) is 25.3 Å². The van der Waals surface area contributed by atoms with Gasteiger partial charge in [-0.15, -0.1) is 0 Å². The SMILES string of the molecule is C[C@@H](Oc1ccccc1Cl)C(=O)Nc1ccc(CCN2CCC(O)CC2)cc1. The first kappa shape index (κ1) is 20.6. The topological polar surface area (TPSA) is 61.8 Å². The van der Waals surface area contributed by atoms with Crippen molar-refractivity contribution >= 4 is 23.2 Å². The largest absolute Gasteiger partial charge is 0.479 e. The average Bonchev–Trinajstić information content (AvgIpc) is 2.70. The number of hydrogen-bond acceptors (Lipinski definition) is 4. The van der Waals surface area contributed by atoms with Crippen molar-refractivity contribution in [1.29, 1.82) is 0 Å². The number of aliphatic hydroxyl groups excluding tert-OH is 1. The summed E-state index contributed by atoms with van der Waals surface area (Å²) in [6.45, 7) is 4.60. The van der Waals surface area contributed by atoms with E-state index in [9.17, 15) is 9.90 Å². The number of nitrogens with zero attached hydrogens (tertiary/aromatic N) is 1. The highest BCUT2D eigenvalue weighted by molar-refractivity contribution is 6.32. The molecule has 0 aliphatic carbocycles. The van der Waals surface area contributed by atoms with E-state index in [2.05, 4.69) is 10.2 Å². The van der Waals surface area contributed by atoms with Gasteiger partial charge >= 0.3 is 0 Å². The quantitative estimate of drug-likeness (QED) is 0.740. The van der Waals surface area contributed by atoms with E-state index in [0.29, 0.717) is 10.8 Å². The van der Waals surface area contributed by atoms with Crippen LogP contribution in [0.3, 0.4) is 0 Å². The maximum Gasteiger partial charge on any atom is 0.265 e. The number of ether oxygens (including phenoxy) is 1. The summed E-state index contributed by atoms with van der Waals surface area (Å²) in [5, 5.41) is 12.9. The highest BCUT2D eigenvalue weighted by Crippen LogP contribution is 2.24. The highest BCUT2D eigenvalue weighted by Gasteiger charge is 2.17. The monoisotopic (exact) mass is 402 g/mol. The lowest BCUT2D eigenvalue weighted by Gasteiger charge is -2.29. The molecule has 2 N–H and O–H groups in total. The number of halogens is 1. The fourth-order valence-electron chi connectivity index (χ4n) is 3.21. The molecule has 0 radical (unpaired) electrons. The number of amides is 1. The zero-order chi connectivity index (χ0) is 19.9. The molecule has 1 saturated heterocycles. The number of carbonyl (C=O) groups is 1. The van der Waals surface area contributed by atoms with Crippen LogP contribution < -0.4 is 10.1 Å². The summed E-state index contributed by atoms with van der Waals surface area (Å²) in [5.41, 5.74) is 1.97. The summed E-state index contributed by atoms with van der Waals surface area (Å²) in [5.74, 6) is 0.270. The third kappa shape index (κ3) is 5.96. The minimum absolute atomic E-state index is 0.136. The summed E-state index contributed by atoms with van der Waals surface area (Å²) < 4.78 is 5.65. The Morgan fingerprint density at radius 3 is 2.57 bits per heavy atom. The van der Waals surface area contributed by atoms with Crippen LogP contribution in [0.1, 0.15) is 25.3 Å². The number of anilines is 1. The molecule has 0 unspecified atom stereocenters. The number of carbonyl (C=O) groups excluding carboxylic acids is 1. The van der Waals surface area contributed by atoms with Crippen molar-refractivity contribution in [2.45, 2.75) is 38.4 Å². The lowest BCUT2D eigenvalue weighted by molar-refractivity contribution is -0.122. The molecule has 1 atom stereocenters. The number of nitrogens with one attached hydrogen (secondary N) is 1. The second-order valence-corrected chi connectivity index (χ2v) is 7.61. The van der Waals surface area contributed by atoms with Crippen LogP contribution in [0.15, 0.2) is 48.5 Å². The second-order valence-electron chi connectivity index (χ2n) is 7.20. The van der Waals surface area contributed by atoms with E-state index in [-0.39, 0.29) is 12.0 Å².